The number of ether oxygens (including phenoxy) is 11. The number of rotatable bonds is 33. The molecular formula is C73H80O16. The molecule has 468 valence electrons. The van der Waals surface area contributed by atoms with Crippen LogP contribution in [0.1, 0.15) is 133 Å². The summed E-state index contributed by atoms with van der Waals surface area (Å²) in [7, 11) is 1.21. The van der Waals surface area contributed by atoms with Crippen LogP contribution in [0.25, 0.3) is 0 Å². The molecule has 89 heavy (non-hydrogen) atoms. The minimum absolute atomic E-state index is 0.00255. The molecule has 0 spiro atoms. The van der Waals surface area contributed by atoms with Gasteiger partial charge in [-0.1, -0.05) is 128 Å². The highest BCUT2D eigenvalue weighted by Crippen LogP contribution is 2.36. The van der Waals surface area contributed by atoms with Gasteiger partial charge < -0.3 is 52.1 Å². The second kappa shape index (κ2) is 32.4. The first kappa shape index (κ1) is 66.9. The number of carbonyl (C=O) groups is 5. The highest BCUT2D eigenvalue weighted by molar-refractivity contribution is 6.00. The lowest BCUT2D eigenvalue weighted by molar-refractivity contribution is -0.139. The van der Waals surface area contributed by atoms with Crippen molar-refractivity contribution in [2.24, 2.45) is 0 Å². The second-order valence-corrected chi connectivity index (χ2v) is 22.3. The van der Waals surface area contributed by atoms with Crippen LogP contribution in [0.2, 0.25) is 0 Å². The zero-order valence-electron chi connectivity index (χ0n) is 52.3. The summed E-state index contributed by atoms with van der Waals surface area (Å²) in [5, 5.41) is 0. The Balaban J connectivity index is 0.929. The number of hydrogen-bond donors (Lipinski definition) is 0. The fourth-order valence-electron chi connectivity index (χ4n) is 9.41. The highest BCUT2D eigenvalue weighted by Gasteiger charge is 2.27. The van der Waals surface area contributed by atoms with Gasteiger partial charge in [0, 0.05) is 28.4 Å². The minimum atomic E-state index is -0.805. The molecule has 7 aromatic rings. The molecule has 0 fully saturated rings. The van der Waals surface area contributed by atoms with Gasteiger partial charge in [-0.3, -0.25) is 0 Å². The largest absolute Gasteiger partial charge is 0.494 e. The SMILES string of the molecule is CCCOc1ccc(C(C)(C)c2ccc(OCCOC(=O)c3cc(C(=O)OCCOc4ccc(C(C)(C)c5ccc(OCCC)cc5)cc4)cc(C(=O)OCCOc4ccc(C(C)(C)c5ccc(OCCOC(=O)/C=C/C(=O)OC)cc5)cc4)c3)cc2)cc1. The van der Waals surface area contributed by atoms with Gasteiger partial charge in [-0.2, -0.15) is 0 Å². The number of esters is 5. The number of methoxy groups -OCH3 is 1. The summed E-state index contributed by atoms with van der Waals surface area (Å²) in [6, 6.07) is 50.8. The molecule has 0 aliphatic heterocycles. The molecule has 0 unspecified atom stereocenters. The molecule has 16 heteroatoms. The van der Waals surface area contributed by atoms with E-state index in [1.54, 1.807) is 0 Å². The molecule has 0 N–H and O–H groups in total. The molecule has 0 heterocycles. The Morgan fingerprint density at radius 1 is 0.303 bits per heavy atom. The summed E-state index contributed by atoms with van der Waals surface area (Å²) in [5.74, 6) is 0.234. The van der Waals surface area contributed by atoms with Crippen molar-refractivity contribution in [1.29, 1.82) is 0 Å². The van der Waals surface area contributed by atoms with Crippen LogP contribution in [-0.4, -0.2) is 103 Å². The highest BCUT2D eigenvalue weighted by atomic mass is 16.6. The predicted octanol–water partition coefficient (Wildman–Crippen LogP) is 13.6. The molecule has 7 aromatic carbocycles. The Hall–Kier alpha value is -9.57. The van der Waals surface area contributed by atoms with Crippen molar-refractivity contribution >= 4 is 29.8 Å². The maximum atomic E-state index is 13.6. The van der Waals surface area contributed by atoms with E-state index >= 15 is 0 Å². The Morgan fingerprint density at radius 3 is 0.742 bits per heavy atom. The zero-order valence-corrected chi connectivity index (χ0v) is 52.3. The summed E-state index contributed by atoms with van der Waals surface area (Å²) >= 11 is 0. The van der Waals surface area contributed by atoms with Gasteiger partial charge in [0.1, 0.15) is 87.4 Å². The third-order valence-electron chi connectivity index (χ3n) is 15.0. The molecule has 0 aliphatic rings. The van der Waals surface area contributed by atoms with Gasteiger partial charge in [-0.25, -0.2) is 24.0 Å². The zero-order chi connectivity index (χ0) is 63.8. The monoisotopic (exact) mass is 1210 g/mol. The Morgan fingerprint density at radius 2 is 0.517 bits per heavy atom. The van der Waals surface area contributed by atoms with E-state index < -0.39 is 35.3 Å². The van der Waals surface area contributed by atoms with Crippen LogP contribution in [0.4, 0.5) is 0 Å². The third kappa shape index (κ3) is 19.5. The smallest absolute Gasteiger partial charge is 0.338 e. The van der Waals surface area contributed by atoms with E-state index in [0.717, 1.165) is 69.9 Å². The van der Waals surface area contributed by atoms with E-state index in [-0.39, 0.29) is 80.4 Å². The Bertz CT molecular complexity index is 3290. The number of benzene rings is 7. The minimum Gasteiger partial charge on any atom is -0.494 e. The average Bonchev–Trinajstić information content (AvgIpc) is 1.90. The van der Waals surface area contributed by atoms with E-state index in [4.69, 9.17) is 47.4 Å². The fraction of sp³-hybridized carbons (Fsp3) is 0.329. The summed E-state index contributed by atoms with van der Waals surface area (Å²) in [6.07, 6.45) is 3.84. The van der Waals surface area contributed by atoms with E-state index in [2.05, 4.69) is 84.4 Å². The summed E-state index contributed by atoms with van der Waals surface area (Å²) in [5.41, 5.74) is 5.24. The van der Waals surface area contributed by atoms with Crippen molar-refractivity contribution in [3.63, 3.8) is 0 Å². The summed E-state index contributed by atoms with van der Waals surface area (Å²) in [4.78, 5) is 63.9. The first-order valence-electron chi connectivity index (χ1n) is 29.8. The van der Waals surface area contributed by atoms with Crippen molar-refractivity contribution in [1.82, 2.24) is 0 Å². The third-order valence-corrected chi connectivity index (χ3v) is 15.0. The van der Waals surface area contributed by atoms with Crippen LogP contribution < -0.4 is 28.4 Å². The molecule has 0 aromatic heterocycles. The van der Waals surface area contributed by atoms with Crippen LogP contribution in [-0.2, 0) is 49.5 Å². The predicted molar refractivity (Wildman–Crippen MR) is 338 cm³/mol. The van der Waals surface area contributed by atoms with Gasteiger partial charge in [-0.05, 0) is 137 Å². The molecule has 0 radical (unpaired) electrons. The molecule has 0 amide bonds. The van der Waals surface area contributed by atoms with Crippen LogP contribution in [0.15, 0.2) is 176 Å². The first-order chi connectivity index (χ1) is 42.8. The maximum Gasteiger partial charge on any atom is 0.338 e. The molecular weight excluding hydrogens is 1130 g/mol. The molecule has 0 aliphatic carbocycles. The summed E-state index contributed by atoms with van der Waals surface area (Å²) < 4.78 is 61.4. The topological polar surface area (TPSA) is 187 Å². The molecule has 0 saturated carbocycles. The van der Waals surface area contributed by atoms with E-state index in [0.29, 0.717) is 36.2 Å². The van der Waals surface area contributed by atoms with Crippen LogP contribution in [0.5, 0.6) is 34.5 Å². The van der Waals surface area contributed by atoms with Crippen molar-refractivity contribution in [3.05, 3.63) is 226 Å². The molecule has 0 atom stereocenters. The summed E-state index contributed by atoms with van der Waals surface area (Å²) in [6.45, 7) is 18.0. The molecule has 0 saturated heterocycles. The van der Waals surface area contributed by atoms with Crippen molar-refractivity contribution < 1.29 is 76.1 Å². The lowest BCUT2D eigenvalue weighted by Crippen LogP contribution is -2.19. The molecule has 7 rings (SSSR count). The normalized spacial score (nSPS) is 11.5. The Labute approximate surface area is 521 Å². The standard InChI is InChI=1S/C73H80O16/c1-10-38-80-60-24-12-54(13-25-60)71(3,4)57-18-30-63(31-19-57)83-41-45-87-68(76)51-48-52(69(77)88-46-42-84-64-32-20-58(21-33-64)72(5,6)55-14-26-61(27-15-55)81-39-11-2)50-53(49-51)70(78)89-47-43-85-65-34-22-59(23-35-65)73(7,8)56-16-28-62(29-17-56)82-40-44-86-67(75)37-36-66(74)79-9/h12-37,48-50H,10-11,38-47H2,1-9H3/b37-36+. The first-order valence-corrected chi connectivity index (χ1v) is 29.8. The fourth-order valence-corrected chi connectivity index (χ4v) is 9.41. The van der Waals surface area contributed by atoms with Crippen molar-refractivity contribution in [3.8, 4) is 34.5 Å². The molecule has 16 nitrogen and oxygen atoms in total. The number of carbonyl (C=O) groups excluding carboxylic acids is 5. The lowest BCUT2D eigenvalue weighted by Gasteiger charge is -2.26. The van der Waals surface area contributed by atoms with E-state index in [1.807, 2.05) is 121 Å². The van der Waals surface area contributed by atoms with Crippen LogP contribution >= 0.6 is 0 Å². The van der Waals surface area contributed by atoms with Gasteiger partial charge in [0.2, 0.25) is 0 Å². The second-order valence-electron chi connectivity index (χ2n) is 22.3. The lowest BCUT2D eigenvalue weighted by atomic mass is 9.78. The van der Waals surface area contributed by atoms with E-state index in [1.165, 1.54) is 25.3 Å². The van der Waals surface area contributed by atoms with Gasteiger partial charge >= 0.3 is 29.8 Å². The van der Waals surface area contributed by atoms with Gasteiger partial charge in [-0.15, -0.1) is 0 Å². The van der Waals surface area contributed by atoms with Gasteiger partial charge in [0.05, 0.1) is 37.0 Å². The maximum absolute atomic E-state index is 13.6. The van der Waals surface area contributed by atoms with Crippen LogP contribution in [0.3, 0.4) is 0 Å². The van der Waals surface area contributed by atoms with Crippen molar-refractivity contribution in [2.45, 2.75) is 84.5 Å². The van der Waals surface area contributed by atoms with Gasteiger partial charge in [0.25, 0.3) is 0 Å². The van der Waals surface area contributed by atoms with Gasteiger partial charge in [0.15, 0.2) is 0 Å². The van der Waals surface area contributed by atoms with Crippen molar-refractivity contribution in [2.75, 3.05) is 73.2 Å². The quantitative estimate of drug-likeness (QED) is 0.0163. The van der Waals surface area contributed by atoms with Crippen LogP contribution in [0, 0.1) is 0 Å². The molecule has 0 bridgehead atoms. The Kier molecular flexibility index (Phi) is 24.4. The average molecular weight is 1210 g/mol. The van der Waals surface area contributed by atoms with E-state index in [9.17, 15) is 24.0 Å². The number of hydrogen-bond acceptors (Lipinski definition) is 16.